The van der Waals surface area contributed by atoms with Gasteiger partial charge in [0.2, 0.25) is 0 Å². The zero-order valence-electron chi connectivity index (χ0n) is 16.2. The summed E-state index contributed by atoms with van der Waals surface area (Å²) in [6.45, 7) is 4.33. The summed E-state index contributed by atoms with van der Waals surface area (Å²) >= 11 is 5.71. The zero-order chi connectivity index (χ0) is 19.7. The quantitative estimate of drug-likeness (QED) is 0.657. The number of hydrogen-bond acceptors (Lipinski definition) is 3. The van der Waals surface area contributed by atoms with Crippen LogP contribution in [0.1, 0.15) is 37.3 Å². The number of nitrogens with zero attached hydrogens (tertiary/aromatic N) is 3. The Balaban J connectivity index is 1.86. The van der Waals surface area contributed by atoms with Gasteiger partial charge in [0, 0.05) is 24.1 Å². The smallest absolute Gasteiger partial charge is 0.170 e. The van der Waals surface area contributed by atoms with Crippen molar-refractivity contribution in [1.29, 1.82) is 0 Å². The van der Waals surface area contributed by atoms with Gasteiger partial charge in [-0.05, 0) is 62.5 Å². The van der Waals surface area contributed by atoms with Gasteiger partial charge >= 0.3 is 0 Å². The molecule has 3 heterocycles. The third-order valence-electron chi connectivity index (χ3n) is 5.12. The van der Waals surface area contributed by atoms with E-state index in [1.165, 1.54) is 0 Å². The average molecular weight is 393 g/mol. The monoisotopic (exact) mass is 392 g/mol. The molecule has 5 nitrogen and oxygen atoms in total. The molecule has 4 rings (SSSR count). The van der Waals surface area contributed by atoms with Gasteiger partial charge in [-0.2, -0.15) is 0 Å². The maximum atomic E-state index is 5.71. The Morgan fingerprint density at radius 2 is 1.86 bits per heavy atom. The average Bonchev–Trinajstić information content (AvgIpc) is 3.32. The van der Waals surface area contributed by atoms with Gasteiger partial charge in [0.1, 0.15) is 5.75 Å². The second kappa shape index (κ2) is 7.64. The summed E-state index contributed by atoms with van der Waals surface area (Å²) in [6.07, 6.45) is 3.90. The summed E-state index contributed by atoms with van der Waals surface area (Å²) in [6, 6.07) is 18.5. The number of hydrogen-bond donors (Lipinski definition) is 1. The molecule has 0 bridgehead atoms. The first-order chi connectivity index (χ1) is 13.6. The Morgan fingerprint density at radius 3 is 2.57 bits per heavy atom. The molecule has 6 heteroatoms. The molecule has 1 fully saturated rings. The summed E-state index contributed by atoms with van der Waals surface area (Å²) in [5, 5.41) is 4.25. The van der Waals surface area contributed by atoms with E-state index in [1.54, 1.807) is 7.11 Å². The molecule has 144 valence electrons. The second-order valence-corrected chi connectivity index (χ2v) is 7.49. The molecule has 0 aliphatic carbocycles. The van der Waals surface area contributed by atoms with Crippen LogP contribution in [0.15, 0.2) is 67.0 Å². The number of rotatable bonds is 5. The van der Waals surface area contributed by atoms with Crippen LogP contribution in [0.3, 0.4) is 0 Å². The van der Waals surface area contributed by atoms with Gasteiger partial charge in [-0.15, -0.1) is 0 Å². The van der Waals surface area contributed by atoms with Gasteiger partial charge in [-0.25, -0.2) is 0 Å². The lowest BCUT2D eigenvalue weighted by molar-refractivity contribution is 0.262. The fourth-order valence-electron chi connectivity index (χ4n) is 3.92. The lowest BCUT2D eigenvalue weighted by Crippen LogP contribution is -2.36. The summed E-state index contributed by atoms with van der Waals surface area (Å²) in [7, 11) is 1.70. The lowest BCUT2D eigenvalue weighted by atomic mass is 10.0. The molecule has 1 aliphatic heterocycles. The molecule has 0 saturated carbocycles. The Morgan fingerprint density at radius 1 is 1.07 bits per heavy atom. The Hall–Kier alpha value is -2.86. The van der Waals surface area contributed by atoms with Crippen LogP contribution < -0.4 is 10.1 Å². The van der Waals surface area contributed by atoms with Crippen LogP contribution in [-0.4, -0.2) is 32.7 Å². The molecule has 0 spiro atoms. The third-order valence-corrected chi connectivity index (χ3v) is 5.45. The molecular weight excluding hydrogens is 368 g/mol. The zero-order valence-corrected chi connectivity index (χ0v) is 17.1. The minimum atomic E-state index is -0.0283. The van der Waals surface area contributed by atoms with E-state index >= 15 is 0 Å². The largest absolute Gasteiger partial charge is 0.495 e. The third kappa shape index (κ3) is 3.14. The van der Waals surface area contributed by atoms with Gasteiger partial charge in [0.15, 0.2) is 5.11 Å². The van der Waals surface area contributed by atoms with Crippen LogP contribution in [0.25, 0.3) is 5.69 Å². The molecule has 1 N–H and O–H groups in total. The molecular formula is C22H24N4OS. The summed E-state index contributed by atoms with van der Waals surface area (Å²) < 4.78 is 7.79. The predicted molar refractivity (Wildman–Crippen MR) is 115 cm³/mol. The van der Waals surface area contributed by atoms with E-state index in [2.05, 4.69) is 58.0 Å². The van der Waals surface area contributed by atoms with E-state index in [9.17, 15) is 0 Å². The maximum absolute atomic E-state index is 5.71. The molecule has 1 aliphatic rings. The highest BCUT2D eigenvalue weighted by Gasteiger charge is 2.42. The van der Waals surface area contributed by atoms with Crippen LogP contribution in [-0.2, 0) is 0 Å². The van der Waals surface area contributed by atoms with E-state index in [0.717, 1.165) is 27.9 Å². The summed E-state index contributed by atoms with van der Waals surface area (Å²) in [4.78, 5) is 6.86. The minimum Gasteiger partial charge on any atom is -0.495 e. The Bertz CT molecular complexity index is 969. The maximum Gasteiger partial charge on any atom is 0.170 e. The highest BCUT2D eigenvalue weighted by atomic mass is 32.1. The molecule has 2 aromatic heterocycles. The molecule has 0 amide bonds. The molecule has 1 aromatic carbocycles. The van der Waals surface area contributed by atoms with Crippen LogP contribution >= 0.6 is 12.2 Å². The van der Waals surface area contributed by atoms with Crippen molar-refractivity contribution in [3.63, 3.8) is 0 Å². The highest BCUT2D eigenvalue weighted by Crippen LogP contribution is 2.41. The highest BCUT2D eigenvalue weighted by molar-refractivity contribution is 7.80. The van der Waals surface area contributed by atoms with Crippen molar-refractivity contribution in [3.8, 4) is 11.4 Å². The van der Waals surface area contributed by atoms with Gasteiger partial charge in [0.25, 0.3) is 0 Å². The lowest BCUT2D eigenvalue weighted by Gasteiger charge is -2.32. The van der Waals surface area contributed by atoms with Crippen LogP contribution in [0.2, 0.25) is 0 Å². The first-order valence-electron chi connectivity index (χ1n) is 9.42. The number of thiocarbonyl (C=S) groups is 1. The SMILES string of the molecule is COc1ccccc1-n1cccc1C1C(c2ccccn2)NC(=S)N1C(C)C. The Labute approximate surface area is 171 Å². The van der Waals surface area contributed by atoms with Crippen molar-refractivity contribution in [2.24, 2.45) is 0 Å². The first-order valence-corrected chi connectivity index (χ1v) is 9.83. The van der Waals surface area contributed by atoms with E-state index in [1.807, 2.05) is 42.6 Å². The number of methoxy groups -OCH3 is 1. The number of pyridine rings is 1. The fraction of sp³-hybridized carbons (Fsp3) is 0.273. The predicted octanol–water partition coefficient (Wildman–Crippen LogP) is 4.26. The van der Waals surface area contributed by atoms with Crippen molar-refractivity contribution in [2.45, 2.75) is 32.0 Å². The van der Waals surface area contributed by atoms with Crippen molar-refractivity contribution in [2.75, 3.05) is 7.11 Å². The number of ether oxygens (including phenoxy) is 1. The number of nitrogens with one attached hydrogen (secondary N) is 1. The second-order valence-electron chi connectivity index (χ2n) is 7.10. The molecule has 28 heavy (non-hydrogen) atoms. The van der Waals surface area contributed by atoms with Crippen molar-refractivity contribution in [1.82, 2.24) is 19.8 Å². The number of aromatic nitrogens is 2. The van der Waals surface area contributed by atoms with Crippen molar-refractivity contribution < 1.29 is 4.74 Å². The standard InChI is InChI=1S/C22H24N4OS/c1-15(2)26-21(20(24-22(26)28)16-9-6-7-13-23-16)18-11-8-14-25(18)17-10-4-5-12-19(17)27-3/h4-15,20-21H,1-3H3,(H,24,28). The van der Waals surface area contributed by atoms with Gasteiger partial charge in [-0.1, -0.05) is 18.2 Å². The van der Waals surface area contributed by atoms with Crippen molar-refractivity contribution >= 4 is 17.3 Å². The fourth-order valence-corrected chi connectivity index (χ4v) is 4.37. The van der Waals surface area contributed by atoms with Gasteiger partial charge in [-0.3, -0.25) is 4.98 Å². The molecule has 2 atom stereocenters. The number of para-hydroxylation sites is 2. The van der Waals surface area contributed by atoms with Gasteiger partial charge in [0.05, 0.1) is 30.6 Å². The summed E-state index contributed by atoms with van der Waals surface area (Å²) in [5.41, 5.74) is 3.12. The van der Waals surface area contributed by atoms with E-state index in [4.69, 9.17) is 17.0 Å². The number of benzene rings is 1. The van der Waals surface area contributed by atoms with E-state index < -0.39 is 0 Å². The van der Waals surface area contributed by atoms with Crippen molar-refractivity contribution in [3.05, 3.63) is 78.4 Å². The topological polar surface area (TPSA) is 42.3 Å². The minimum absolute atomic E-state index is 0.0160. The molecule has 0 radical (unpaired) electrons. The molecule has 2 unspecified atom stereocenters. The summed E-state index contributed by atoms with van der Waals surface area (Å²) in [5.74, 6) is 0.832. The first kappa shape index (κ1) is 18.5. The van der Waals surface area contributed by atoms with Crippen LogP contribution in [0.5, 0.6) is 5.75 Å². The van der Waals surface area contributed by atoms with E-state index in [0.29, 0.717) is 0 Å². The Kier molecular flexibility index (Phi) is 5.05. The van der Waals surface area contributed by atoms with Crippen LogP contribution in [0.4, 0.5) is 0 Å². The van der Waals surface area contributed by atoms with Gasteiger partial charge < -0.3 is 19.5 Å². The normalized spacial score (nSPS) is 19.1. The molecule has 3 aromatic rings. The molecule has 1 saturated heterocycles. The van der Waals surface area contributed by atoms with E-state index in [-0.39, 0.29) is 18.1 Å². The van der Waals surface area contributed by atoms with Crippen LogP contribution in [0, 0.1) is 0 Å².